The average Bonchev–Trinajstić information content (AvgIpc) is 2.48. The van der Waals surface area contributed by atoms with Gasteiger partial charge in [-0.25, -0.2) is 0 Å². The third-order valence-electron chi connectivity index (χ3n) is 3.06. The van der Waals surface area contributed by atoms with Gasteiger partial charge in [0, 0.05) is 19.2 Å². The number of carbonyl (C=O) groups excluding carboxylic acids is 1. The normalized spacial score (nSPS) is 10.1. The molecular weight excluding hydrogens is 276 g/mol. The lowest BCUT2D eigenvalue weighted by atomic mass is 10.1. The van der Waals surface area contributed by atoms with Crippen LogP contribution >= 0.6 is 0 Å². The number of carbonyl (C=O) groups is 1. The zero-order valence-corrected chi connectivity index (χ0v) is 12.7. The molecule has 0 atom stereocenters. The molecule has 1 aromatic carbocycles. The first-order valence-electron chi connectivity index (χ1n) is 6.78. The van der Waals surface area contributed by atoms with E-state index in [-0.39, 0.29) is 17.0 Å². The molecule has 0 fully saturated rings. The van der Waals surface area contributed by atoms with E-state index in [1.54, 1.807) is 6.92 Å². The maximum Gasteiger partial charge on any atom is 0.286 e. The Labute approximate surface area is 123 Å². The molecule has 7 nitrogen and oxygen atoms in total. The Kier molecular flexibility index (Phi) is 5.95. The second-order valence-electron chi connectivity index (χ2n) is 4.19. The molecule has 0 bridgehead atoms. The van der Waals surface area contributed by atoms with Crippen molar-refractivity contribution in [3.05, 3.63) is 27.8 Å². The second kappa shape index (κ2) is 7.47. The Balaban J connectivity index is 3.43. The molecule has 7 heteroatoms. The lowest BCUT2D eigenvalue weighted by molar-refractivity contribution is -0.385. The molecular formula is C14H20N2O5. The number of benzene rings is 1. The molecule has 0 aromatic heterocycles. The van der Waals surface area contributed by atoms with E-state index in [1.807, 2.05) is 13.8 Å². The summed E-state index contributed by atoms with van der Waals surface area (Å²) in [5.74, 6) is 0.163. The number of ether oxygens (including phenoxy) is 2. The molecule has 0 aliphatic carbocycles. The summed E-state index contributed by atoms with van der Waals surface area (Å²) in [6, 6.07) is 2.60. The minimum atomic E-state index is -0.588. The number of nitro groups is 1. The first-order valence-corrected chi connectivity index (χ1v) is 6.78. The van der Waals surface area contributed by atoms with Gasteiger partial charge in [-0.05, 0) is 20.8 Å². The highest BCUT2D eigenvalue weighted by atomic mass is 16.6. The van der Waals surface area contributed by atoms with Gasteiger partial charge in [-0.2, -0.15) is 0 Å². The third kappa shape index (κ3) is 3.62. The monoisotopic (exact) mass is 296 g/mol. The van der Waals surface area contributed by atoms with Crippen LogP contribution in [0.1, 0.15) is 31.1 Å². The van der Waals surface area contributed by atoms with Gasteiger partial charge >= 0.3 is 0 Å². The summed E-state index contributed by atoms with van der Waals surface area (Å²) in [5.41, 5.74) is -0.278. The van der Waals surface area contributed by atoms with Crippen molar-refractivity contribution in [2.24, 2.45) is 0 Å². The molecule has 0 saturated heterocycles. The first-order chi connectivity index (χ1) is 9.99. The molecule has 1 amide bonds. The number of methoxy groups -OCH3 is 1. The van der Waals surface area contributed by atoms with Crippen molar-refractivity contribution in [1.82, 2.24) is 4.90 Å². The van der Waals surface area contributed by atoms with E-state index in [2.05, 4.69) is 0 Å². The van der Waals surface area contributed by atoms with Gasteiger partial charge in [0.2, 0.25) is 0 Å². The van der Waals surface area contributed by atoms with E-state index in [1.165, 1.54) is 24.1 Å². The predicted molar refractivity (Wildman–Crippen MR) is 78.1 cm³/mol. The smallest absolute Gasteiger partial charge is 0.286 e. The largest absolute Gasteiger partial charge is 0.493 e. The van der Waals surface area contributed by atoms with Gasteiger partial charge in [0.15, 0.2) is 11.5 Å². The fourth-order valence-electron chi connectivity index (χ4n) is 1.98. The molecule has 0 saturated carbocycles. The van der Waals surface area contributed by atoms with E-state index in [0.717, 1.165) is 0 Å². The van der Waals surface area contributed by atoms with Crippen LogP contribution in [0.15, 0.2) is 12.1 Å². The lowest BCUT2D eigenvalue weighted by Gasteiger charge is -2.19. The van der Waals surface area contributed by atoms with Crippen molar-refractivity contribution in [2.75, 3.05) is 26.8 Å². The quantitative estimate of drug-likeness (QED) is 0.570. The van der Waals surface area contributed by atoms with Crippen LogP contribution < -0.4 is 9.47 Å². The van der Waals surface area contributed by atoms with E-state index in [4.69, 9.17) is 9.47 Å². The van der Waals surface area contributed by atoms with Crippen LogP contribution in [0.5, 0.6) is 11.5 Å². The molecule has 0 heterocycles. The van der Waals surface area contributed by atoms with Crippen LogP contribution in [0.3, 0.4) is 0 Å². The Morgan fingerprint density at radius 3 is 2.29 bits per heavy atom. The van der Waals surface area contributed by atoms with E-state index in [9.17, 15) is 14.9 Å². The summed E-state index contributed by atoms with van der Waals surface area (Å²) >= 11 is 0. The van der Waals surface area contributed by atoms with Gasteiger partial charge in [-0.3, -0.25) is 14.9 Å². The lowest BCUT2D eigenvalue weighted by Crippen LogP contribution is -2.31. The Hall–Kier alpha value is -2.31. The van der Waals surface area contributed by atoms with Crippen molar-refractivity contribution in [3.8, 4) is 11.5 Å². The van der Waals surface area contributed by atoms with Crippen molar-refractivity contribution in [1.29, 1.82) is 0 Å². The molecule has 1 rings (SSSR count). The zero-order chi connectivity index (χ0) is 16.0. The highest BCUT2D eigenvalue weighted by Crippen LogP contribution is 2.35. The molecule has 0 spiro atoms. The standard InChI is InChI=1S/C14H20N2O5/c1-5-15(6-2)14(17)10-8-13(21-7-3)12(20-4)9-11(10)16(18)19/h8-9H,5-7H2,1-4H3. The average molecular weight is 296 g/mol. The molecule has 1 aromatic rings. The van der Waals surface area contributed by atoms with Crippen molar-refractivity contribution in [3.63, 3.8) is 0 Å². The van der Waals surface area contributed by atoms with E-state index in [0.29, 0.717) is 25.4 Å². The predicted octanol–water partition coefficient (Wildman–Crippen LogP) is 2.48. The van der Waals surface area contributed by atoms with Crippen LogP contribution in [-0.4, -0.2) is 42.5 Å². The molecule has 0 aliphatic heterocycles. The summed E-state index contributed by atoms with van der Waals surface area (Å²) in [5, 5.41) is 11.2. The molecule has 116 valence electrons. The maximum atomic E-state index is 12.4. The van der Waals surface area contributed by atoms with Gasteiger partial charge < -0.3 is 14.4 Å². The fraction of sp³-hybridized carbons (Fsp3) is 0.500. The fourth-order valence-corrected chi connectivity index (χ4v) is 1.98. The first kappa shape index (κ1) is 16.7. The summed E-state index contributed by atoms with van der Waals surface area (Å²) in [6.45, 7) is 6.74. The van der Waals surface area contributed by atoms with Gasteiger partial charge in [0.1, 0.15) is 5.56 Å². The number of hydrogen-bond acceptors (Lipinski definition) is 5. The summed E-state index contributed by atoms with van der Waals surface area (Å²) < 4.78 is 10.5. The molecule has 21 heavy (non-hydrogen) atoms. The molecule has 0 radical (unpaired) electrons. The van der Waals surface area contributed by atoms with Gasteiger partial charge in [0.25, 0.3) is 11.6 Å². The number of nitrogens with zero attached hydrogens (tertiary/aromatic N) is 2. The van der Waals surface area contributed by atoms with Crippen LogP contribution in [-0.2, 0) is 0 Å². The van der Waals surface area contributed by atoms with Gasteiger partial charge in [0.05, 0.1) is 24.7 Å². The molecule has 0 unspecified atom stereocenters. The number of rotatable bonds is 7. The van der Waals surface area contributed by atoms with Crippen LogP contribution in [0.4, 0.5) is 5.69 Å². The topological polar surface area (TPSA) is 81.9 Å². The molecule has 0 N–H and O–H groups in total. The Morgan fingerprint density at radius 1 is 1.24 bits per heavy atom. The Morgan fingerprint density at radius 2 is 1.86 bits per heavy atom. The number of nitro benzene ring substituents is 1. The second-order valence-corrected chi connectivity index (χ2v) is 4.19. The highest BCUT2D eigenvalue weighted by molar-refractivity contribution is 5.99. The third-order valence-corrected chi connectivity index (χ3v) is 3.06. The SMILES string of the molecule is CCOc1cc(C(=O)N(CC)CC)c([N+](=O)[O-])cc1OC. The molecule has 0 aliphatic rings. The van der Waals surface area contributed by atoms with E-state index < -0.39 is 10.8 Å². The maximum absolute atomic E-state index is 12.4. The zero-order valence-electron chi connectivity index (χ0n) is 12.7. The Bertz CT molecular complexity index is 526. The van der Waals surface area contributed by atoms with Gasteiger partial charge in [-0.1, -0.05) is 0 Å². The van der Waals surface area contributed by atoms with Gasteiger partial charge in [-0.15, -0.1) is 0 Å². The minimum absolute atomic E-state index is 0.00736. The van der Waals surface area contributed by atoms with Crippen molar-refractivity contribution < 1.29 is 19.2 Å². The van der Waals surface area contributed by atoms with Crippen LogP contribution in [0.25, 0.3) is 0 Å². The minimum Gasteiger partial charge on any atom is -0.493 e. The van der Waals surface area contributed by atoms with Crippen LogP contribution in [0, 0.1) is 10.1 Å². The number of amides is 1. The summed E-state index contributed by atoms with van der Waals surface area (Å²) in [6.07, 6.45) is 0. The summed E-state index contributed by atoms with van der Waals surface area (Å²) in [4.78, 5) is 24.5. The summed E-state index contributed by atoms with van der Waals surface area (Å²) in [7, 11) is 1.40. The van der Waals surface area contributed by atoms with Crippen molar-refractivity contribution in [2.45, 2.75) is 20.8 Å². The van der Waals surface area contributed by atoms with Crippen molar-refractivity contribution >= 4 is 11.6 Å². The van der Waals surface area contributed by atoms with E-state index >= 15 is 0 Å². The van der Waals surface area contributed by atoms with Crippen LogP contribution in [0.2, 0.25) is 0 Å². The highest BCUT2D eigenvalue weighted by Gasteiger charge is 2.26. The number of hydrogen-bond donors (Lipinski definition) is 0.